The van der Waals surface area contributed by atoms with Crippen LogP contribution in [0.5, 0.6) is 5.75 Å². The summed E-state index contributed by atoms with van der Waals surface area (Å²) in [7, 11) is -14.9. The topological polar surface area (TPSA) is 418 Å². The Labute approximate surface area is 463 Å². The summed E-state index contributed by atoms with van der Waals surface area (Å²) in [6.07, 6.45) is 2.23. The molecular formula is C47H35N12NaO15S3. The van der Waals surface area contributed by atoms with Crippen LogP contribution in [-0.2, 0) is 35.1 Å². The van der Waals surface area contributed by atoms with Crippen LogP contribution in [0.25, 0.3) is 12.2 Å². The summed E-state index contributed by atoms with van der Waals surface area (Å²) in [5.41, 5.74) is -0.525. The van der Waals surface area contributed by atoms with Crippen molar-refractivity contribution < 1.29 is 98.2 Å². The molecule has 1 atom stereocenters. The number of carboxylic acids is 2. The molecule has 2 heterocycles. The molecule has 0 aliphatic carbocycles. The van der Waals surface area contributed by atoms with Gasteiger partial charge in [0, 0.05) is 22.6 Å². The smallest absolute Gasteiger partial charge is 0.545 e. The molecule has 1 amide bonds. The number of benzene rings is 6. The van der Waals surface area contributed by atoms with E-state index in [-0.39, 0.29) is 86.9 Å². The van der Waals surface area contributed by atoms with Crippen molar-refractivity contribution in [2.24, 2.45) is 25.6 Å². The van der Waals surface area contributed by atoms with Crippen molar-refractivity contribution in [3.63, 3.8) is 0 Å². The van der Waals surface area contributed by atoms with Crippen molar-refractivity contribution in [1.82, 2.24) is 15.0 Å². The fraction of sp³-hybridized carbons (Fsp3) is 0.0426. The number of nitrogens with zero attached hydrogens (tertiary/aromatic N) is 9. The standard InChI is InChI=1S/C47H36N12O15S3.Na/c1-25-41(57-56-37-19-18-34(75(66,67)68)24-35(37)43(62)63)42(61)59(58-25)33-17-10-27(40(23-33)77(72,73)74)8-7-26-9-11-31(22-39(26)76(69,70)71)50-47-52-45(48-28-5-3-2-4-6-28)51-46(53-47)49-29-12-14-30(15-13-29)54-55-32-16-20-38(60)36(21-32)44(64)65;/h2-24,41,60H,1H3,(H,62,63)(H,64,65)(H,66,67,68)(H,69,70,71)(H,72,73,74)(H3,48,49,50,51,52,53);/q;+1/p-1. The minimum absolute atomic E-state index is 0. The third kappa shape index (κ3) is 13.8. The average molecular weight is 1130 g/mol. The number of hydrogen-bond donors (Lipinski definition) is 8. The minimum atomic E-state index is -5.09. The van der Waals surface area contributed by atoms with Gasteiger partial charge < -0.3 is 36.1 Å². The van der Waals surface area contributed by atoms with E-state index < -0.39 is 85.9 Å². The molecule has 392 valence electrons. The Morgan fingerprint density at radius 3 is 1.74 bits per heavy atom. The summed E-state index contributed by atoms with van der Waals surface area (Å²) in [5.74, 6) is -4.65. The first-order chi connectivity index (χ1) is 36.4. The molecule has 0 radical (unpaired) electrons. The maximum absolute atomic E-state index is 13.5. The Hall–Kier alpha value is -8.72. The predicted octanol–water partition coefficient (Wildman–Crippen LogP) is 4.07. The molecule has 31 heteroatoms. The number of nitrogens with one attached hydrogen (secondary N) is 3. The van der Waals surface area contributed by atoms with Gasteiger partial charge in [-0.2, -0.15) is 70.8 Å². The number of azo groups is 2. The summed E-state index contributed by atoms with van der Waals surface area (Å²) in [6.45, 7) is 1.35. The number of para-hydroxylation sites is 1. The zero-order valence-electron chi connectivity index (χ0n) is 39.9. The summed E-state index contributed by atoms with van der Waals surface area (Å²) >= 11 is 0. The van der Waals surface area contributed by atoms with Gasteiger partial charge in [0.25, 0.3) is 36.3 Å². The molecule has 0 saturated carbocycles. The number of rotatable bonds is 18. The molecule has 0 saturated heterocycles. The zero-order chi connectivity index (χ0) is 55.4. The van der Waals surface area contributed by atoms with E-state index in [1.165, 1.54) is 37.3 Å². The van der Waals surface area contributed by atoms with Crippen molar-refractivity contribution >= 4 is 124 Å². The quantitative estimate of drug-likeness (QED) is 0.0260. The van der Waals surface area contributed by atoms with Gasteiger partial charge in [-0.05, 0) is 115 Å². The van der Waals surface area contributed by atoms with Crippen molar-refractivity contribution in [2.75, 3.05) is 21.0 Å². The van der Waals surface area contributed by atoms with Crippen LogP contribution in [0.15, 0.2) is 168 Å². The molecule has 7 aromatic rings. The van der Waals surface area contributed by atoms with Crippen LogP contribution in [0.3, 0.4) is 0 Å². The maximum atomic E-state index is 13.5. The Balaban J connectivity index is 0.00000882. The number of aromatic hydroxyl groups is 1. The largest absolute Gasteiger partial charge is 1.00 e. The first kappa shape index (κ1) is 57.0. The Morgan fingerprint density at radius 1 is 0.628 bits per heavy atom. The van der Waals surface area contributed by atoms with Crippen LogP contribution in [0.2, 0.25) is 0 Å². The number of carbonyl (C=O) groups is 3. The van der Waals surface area contributed by atoms with E-state index in [1.807, 2.05) is 0 Å². The van der Waals surface area contributed by atoms with E-state index in [2.05, 4.69) is 56.5 Å². The van der Waals surface area contributed by atoms with Gasteiger partial charge in [0.15, 0.2) is 6.04 Å². The van der Waals surface area contributed by atoms with Crippen LogP contribution in [0.4, 0.5) is 57.7 Å². The summed E-state index contributed by atoms with van der Waals surface area (Å²) in [5, 5.41) is 60.3. The van der Waals surface area contributed by atoms with Crippen molar-refractivity contribution in [2.45, 2.75) is 27.7 Å². The molecule has 1 unspecified atom stereocenters. The summed E-state index contributed by atoms with van der Waals surface area (Å²) < 4.78 is 104. The first-order valence-electron chi connectivity index (χ1n) is 21.6. The van der Waals surface area contributed by atoms with E-state index in [4.69, 9.17) is 0 Å². The Kier molecular flexibility index (Phi) is 17.0. The average Bonchev–Trinajstić information content (AvgIpc) is 3.82. The molecule has 1 aliphatic rings. The number of hydrogen-bond acceptors (Lipinski definition) is 22. The summed E-state index contributed by atoms with van der Waals surface area (Å²) in [4.78, 5) is 47.7. The number of aromatic carboxylic acids is 2. The minimum Gasteiger partial charge on any atom is -0.545 e. The molecule has 0 fully saturated rings. The SMILES string of the molecule is CC1=NN(c2ccc(C=Cc3ccc(Nc4nc(Nc5ccccc5)nc(Nc5ccc(N=Nc6ccc(O)c(C(=O)O)c6)cc5)n4)cc3S(=O)(=O)O)c(S(=O)(=O)O)c2)C(=O)C1N=Nc1ccc(S(=O)(=O)O)cc1C(=O)[O-].[Na+]. The molecule has 8 N–H and O–H groups in total. The van der Waals surface area contributed by atoms with Gasteiger partial charge in [0.2, 0.25) is 17.8 Å². The number of anilines is 7. The molecule has 1 aliphatic heterocycles. The number of aromatic nitrogens is 3. The van der Waals surface area contributed by atoms with E-state index in [1.54, 1.807) is 54.6 Å². The number of phenols is 1. The van der Waals surface area contributed by atoms with Crippen LogP contribution in [-0.4, -0.2) is 93.7 Å². The van der Waals surface area contributed by atoms with Crippen LogP contribution in [0.1, 0.15) is 38.8 Å². The molecular weight excluding hydrogens is 1090 g/mol. The van der Waals surface area contributed by atoms with Gasteiger partial charge >= 0.3 is 35.5 Å². The van der Waals surface area contributed by atoms with Crippen LogP contribution < -0.4 is 55.6 Å². The van der Waals surface area contributed by atoms with Crippen molar-refractivity contribution in [3.8, 4) is 5.75 Å². The van der Waals surface area contributed by atoms with Gasteiger partial charge in [0.05, 0.1) is 39.3 Å². The molecule has 27 nitrogen and oxygen atoms in total. The van der Waals surface area contributed by atoms with Crippen molar-refractivity contribution in [1.29, 1.82) is 0 Å². The maximum Gasteiger partial charge on any atom is 1.00 e. The molecule has 6 aromatic carbocycles. The molecule has 8 rings (SSSR count). The first-order valence-corrected chi connectivity index (χ1v) is 26.0. The monoisotopic (exact) mass is 1130 g/mol. The second-order valence-corrected chi connectivity index (χ2v) is 20.2. The Morgan fingerprint density at radius 2 is 1.17 bits per heavy atom. The van der Waals surface area contributed by atoms with Crippen molar-refractivity contribution in [3.05, 3.63) is 150 Å². The van der Waals surface area contributed by atoms with Gasteiger partial charge in [-0.25, -0.2) is 4.79 Å². The molecule has 1 aromatic heterocycles. The fourth-order valence-corrected chi connectivity index (χ4v) is 8.95. The fourth-order valence-electron chi connectivity index (χ4n) is 7.03. The van der Waals surface area contributed by atoms with Gasteiger partial charge in [-0.1, -0.05) is 42.5 Å². The van der Waals surface area contributed by atoms with Gasteiger partial charge in [-0.15, -0.1) is 0 Å². The molecule has 0 spiro atoms. The van der Waals surface area contributed by atoms with E-state index in [9.17, 15) is 68.6 Å². The third-order valence-electron chi connectivity index (χ3n) is 10.7. The normalized spacial score (nSPS) is 13.9. The number of hydrazone groups is 1. The number of carboxylic acid groups (broad SMARTS) is 2. The predicted molar refractivity (Wildman–Crippen MR) is 273 cm³/mol. The molecule has 0 bridgehead atoms. The summed E-state index contributed by atoms with van der Waals surface area (Å²) in [6, 6.07) is 26.7. The second kappa shape index (κ2) is 23.3. The second-order valence-electron chi connectivity index (χ2n) is 16.0. The number of carbonyl (C=O) groups excluding carboxylic acids is 2. The van der Waals surface area contributed by atoms with E-state index >= 15 is 0 Å². The van der Waals surface area contributed by atoms with Gasteiger partial charge in [0.1, 0.15) is 21.1 Å². The number of amides is 1. The van der Waals surface area contributed by atoms with E-state index in [0.29, 0.717) is 23.1 Å². The molecule has 78 heavy (non-hydrogen) atoms. The van der Waals surface area contributed by atoms with E-state index in [0.717, 1.165) is 53.6 Å². The zero-order valence-corrected chi connectivity index (χ0v) is 44.4. The van der Waals surface area contributed by atoms with Crippen LogP contribution >= 0.6 is 0 Å². The third-order valence-corrected chi connectivity index (χ3v) is 13.3. The van der Waals surface area contributed by atoms with Crippen LogP contribution in [0, 0.1) is 0 Å². The van der Waals surface area contributed by atoms with Gasteiger partial charge in [-0.3, -0.25) is 18.5 Å². The Bertz CT molecular complexity index is 4020.